The molecule has 1 aliphatic rings. The van der Waals surface area contributed by atoms with Gasteiger partial charge in [0.2, 0.25) is 0 Å². The quantitative estimate of drug-likeness (QED) is 0.495. The monoisotopic (exact) mass is 107 g/mol. The molecular weight excluding hydrogens is 102 g/mol. The zero-order valence-corrected chi connectivity index (χ0v) is 4.20. The Morgan fingerprint density at radius 1 is 1.62 bits per heavy atom. The number of allylic oxidation sites excluding steroid dienone is 3. The van der Waals surface area contributed by atoms with Gasteiger partial charge in [-0.15, -0.1) is 0 Å². The third kappa shape index (κ3) is 1.10. The highest BCUT2D eigenvalue weighted by atomic mass is 16.3. The third-order valence-corrected chi connectivity index (χ3v) is 0.709. The van der Waals surface area contributed by atoms with Gasteiger partial charge in [-0.3, -0.25) is 0 Å². The topological polar surface area (TPSA) is 32.6 Å². The minimum absolute atomic E-state index is 0.159. The SMILES string of the molecule is OC1=CN=C=CC=C1. The normalized spacial score (nSPS) is 15.8. The van der Waals surface area contributed by atoms with Crippen LogP contribution in [0.1, 0.15) is 0 Å². The first-order chi connectivity index (χ1) is 3.89. The largest absolute Gasteiger partial charge is 0.506 e. The molecule has 0 bridgehead atoms. The Kier molecular flexibility index (Phi) is 1.31. The molecule has 0 atom stereocenters. The molecule has 0 saturated carbocycles. The lowest BCUT2D eigenvalue weighted by molar-refractivity contribution is 0.431. The minimum atomic E-state index is 0.159. The maximum atomic E-state index is 8.71. The van der Waals surface area contributed by atoms with E-state index in [1.807, 2.05) is 0 Å². The van der Waals surface area contributed by atoms with Crippen LogP contribution in [-0.4, -0.2) is 11.0 Å². The van der Waals surface area contributed by atoms with Gasteiger partial charge in [0.1, 0.15) is 5.76 Å². The molecule has 0 unspecified atom stereocenters. The first-order valence-electron chi connectivity index (χ1n) is 2.24. The molecule has 1 aliphatic heterocycles. The van der Waals surface area contributed by atoms with E-state index in [9.17, 15) is 0 Å². The van der Waals surface area contributed by atoms with Gasteiger partial charge in [0.15, 0.2) is 0 Å². The second-order valence-electron chi connectivity index (χ2n) is 1.34. The first kappa shape index (κ1) is 4.88. The van der Waals surface area contributed by atoms with Gasteiger partial charge >= 0.3 is 0 Å². The van der Waals surface area contributed by atoms with Crippen molar-refractivity contribution >= 4 is 5.87 Å². The first-order valence-corrected chi connectivity index (χ1v) is 2.24. The van der Waals surface area contributed by atoms with Gasteiger partial charge < -0.3 is 5.11 Å². The van der Waals surface area contributed by atoms with E-state index in [4.69, 9.17) is 5.11 Å². The van der Waals surface area contributed by atoms with Crippen molar-refractivity contribution < 1.29 is 5.11 Å². The van der Waals surface area contributed by atoms with Gasteiger partial charge in [-0.1, -0.05) is 0 Å². The summed E-state index contributed by atoms with van der Waals surface area (Å²) in [6.45, 7) is 0. The van der Waals surface area contributed by atoms with Crippen LogP contribution < -0.4 is 0 Å². The van der Waals surface area contributed by atoms with Crippen LogP contribution in [0.3, 0.4) is 0 Å². The fourth-order valence-corrected chi connectivity index (χ4v) is 0.379. The Hall–Kier alpha value is -1.27. The average molecular weight is 107 g/mol. The van der Waals surface area contributed by atoms with Crippen molar-refractivity contribution in [1.29, 1.82) is 0 Å². The summed E-state index contributed by atoms with van der Waals surface area (Å²) in [5, 5.41) is 8.71. The molecule has 1 rings (SSSR count). The molecular formula is C6H5NO. The number of aliphatic imine (C=N–C) groups is 1. The van der Waals surface area contributed by atoms with Gasteiger partial charge in [-0.05, 0) is 24.1 Å². The summed E-state index contributed by atoms with van der Waals surface area (Å²) >= 11 is 0. The molecule has 40 valence electrons. The van der Waals surface area contributed by atoms with Crippen molar-refractivity contribution in [1.82, 2.24) is 0 Å². The molecule has 1 N–H and O–H groups in total. The summed E-state index contributed by atoms with van der Waals surface area (Å²) in [6.07, 6.45) is 6.17. The molecule has 0 aromatic carbocycles. The van der Waals surface area contributed by atoms with Gasteiger partial charge in [-0.2, -0.15) is 0 Å². The number of rotatable bonds is 0. The molecule has 0 aliphatic carbocycles. The number of aliphatic hydroxyl groups excluding tert-OH is 1. The zero-order chi connectivity index (χ0) is 5.82. The highest BCUT2D eigenvalue weighted by molar-refractivity contribution is 5.57. The van der Waals surface area contributed by atoms with E-state index in [-0.39, 0.29) is 5.76 Å². The number of hydrogen-bond donors (Lipinski definition) is 1. The Morgan fingerprint density at radius 2 is 2.50 bits per heavy atom. The molecule has 0 aromatic heterocycles. The molecule has 8 heavy (non-hydrogen) atoms. The fraction of sp³-hybridized carbons (Fsp3) is 0. The molecule has 0 radical (unpaired) electrons. The van der Waals surface area contributed by atoms with Crippen molar-refractivity contribution in [2.45, 2.75) is 0 Å². The molecule has 0 aromatic rings. The van der Waals surface area contributed by atoms with Crippen LogP contribution in [0.25, 0.3) is 0 Å². The number of hydrogen-bond acceptors (Lipinski definition) is 2. The lowest BCUT2D eigenvalue weighted by Crippen LogP contribution is -1.67. The van der Waals surface area contributed by atoms with E-state index in [1.54, 1.807) is 18.2 Å². The molecule has 2 nitrogen and oxygen atoms in total. The minimum Gasteiger partial charge on any atom is -0.506 e. The Balaban J connectivity index is 2.90. The second kappa shape index (κ2) is 2.15. The van der Waals surface area contributed by atoms with Gasteiger partial charge in [0, 0.05) is 0 Å². The standard InChI is InChI=1S/C6H5NO/c8-6-3-1-2-4-7-5-6/h1-3,5,8H. The summed E-state index contributed by atoms with van der Waals surface area (Å²) < 4.78 is 0. The molecule has 0 saturated heterocycles. The zero-order valence-electron chi connectivity index (χ0n) is 4.20. The van der Waals surface area contributed by atoms with Crippen molar-refractivity contribution in [2.24, 2.45) is 4.99 Å². The van der Waals surface area contributed by atoms with Crippen molar-refractivity contribution in [3.05, 3.63) is 30.2 Å². The smallest absolute Gasteiger partial charge is 0.134 e. The van der Waals surface area contributed by atoms with Crippen LogP contribution in [0, 0.1) is 0 Å². The van der Waals surface area contributed by atoms with E-state index >= 15 is 0 Å². The van der Waals surface area contributed by atoms with Gasteiger partial charge in [0.25, 0.3) is 0 Å². The van der Waals surface area contributed by atoms with E-state index in [2.05, 4.69) is 10.9 Å². The van der Waals surface area contributed by atoms with Gasteiger partial charge in [0.05, 0.1) is 6.20 Å². The summed E-state index contributed by atoms with van der Waals surface area (Å²) in [5.74, 6) is 2.71. The molecule has 0 spiro atoms. The summed E-state index contributed by atoms with van der Waals surface area (Å²) in [5.41, 5.74) is 0. The summed E-state index contributed by atoms with van der Waals surface area (Å²) in [4.78, 5) is 3.57. The van der Waals surface area contributed by atoms with Crippen LogP contribution in [0.4, 0.5) is 0 Å². The van der Waals surface area contributed by atoms with Crippen molar-refractivity contribution in [2.75, 3.05) is 0 Å². The summed E-state index contributed by atoms with van der Waals surface area (Å²) in [6, 6.07) is 0. The highest BCUT2D eigenvalue weighted by Crippen LogP contribution is 1.92. The van der Waals surface area contributed by atoms with E-state index in [1.165, 1.54) is 6.20 Å². The Labute approximate surface area is 47.2 Å². The molecule has 1 heterocycles. The van der Waals surface area contributed by atoms with E-state index < -0.39 is 0 Å². The van der Waals surface area contributed by atoms with Crippen molar-refractivity contribution in [3.8, 4) is 0 Å². The maximum Gasteiger partial charge on any atom is 0.134 e. The van der Waals surface area contributed by atoms with Crippen LogP contribution in [-0.2, 0) is 0 Å². The molecule has 0 fully saturated rings. The fourth-order valence-electron chi connectivity index (χ4n) is 0.379. The van der Waals surface area contributed by atoms with Crippen LogP contribution in [0.5, 0.6) is 0 Å². The van der Waals surface area contributed by atoms with Crippen LogP contribution >= 0.6 is 0 Å². The molecule has 0 amide bonds. The Morgan fingerprint density at radius 3 is 3.38 bits per heavy atom. The predicted molar refractivity (Wildman–Crippen MR) is 31.9 cm³/mol. The Bertz CT molecular complexity index is 195. The van der Waals surface area contributed by atoms with E-state index in [0.29, 0.717) is 0 Å². The van der Waals surface area contributed by atoms with Crippen LogP contribution in [0.15, 0.2) is 35.2 Å². The lowest BCUT2D eigenvalue weighted by Gasteiger charge is -1.79. The number of nitrogens with zero attached hydrogens (tertiary/aromatic N) is 1. The average Bonchev–Trinajstić information content (AvgIpc) is 1.94. The lowest BCUT2D eigenvalue weighted by atomic mass is 10.4. The van der Waals surface area contributed by atoms with Crippen molar-refractivity contribution in [3.63, 3.8) is 0 Å². The molecule has 2 heteroatoms. The predicted octanol–water partition coefficient (Wildman–Crippen LogP) is 1.18. The maximum absolute atomic E-state index is 8.71. The highest BCUT2D eigenvalue weighted by Gasteiger charge is 1.80. The van der Waals surface area contributed by atoms with Gasteiger partial charge in [-0.25, -0.2) is 4.99 Å². The second-order valence-corrected chi connectivity index (χ2v) is 1.34. The van der Waals surface area contributed by atoms with E-state index in [0.717, 1.165) is 0 Å². The van der Waals surface area contributed by atoms with Crippen LogP contribution in [0.2, 0.25) is 0 Å². The third-order valence-electron chi connectivity index (χ3n) is 0.709. The number of aliphatic hydroxyl groups is 1. The summed E-state index contributed by atoms with van der Waals surface area (Å²) in [7, 11) is 0.